The number of benzene rings is 1. The van der Waals surface area contributed by atoms with E-state index in [1.807, 2.05) is 32.0 Å². The summed E-state index contributed by atoms with van der Waals surface area (Å²) < 4.78 is 10.5. The number of carbonyl (C=O) groups excluding carboxylic acids is 1. The zero-order valence-electron chi connectivity index (χ0n) is 15.0. The molecule has 7 heteroatoms. The maximum absolute atomic E-state index is 12.1. The summed E-state index contributed by atoms with van der Waals surface area (Å²) >= 11 is 0. The SMILES string of the molecule is CCCNC(=O)c1cc(C)nc(NCc2ccc(OC)c(OC)c2)n1. The Morgan fingerprint density at radius 2 is 1.88 bits per heavy atom. The molecule has 0 aliphatic rings. The molecule has 1 amide bonds. The van der Waals surface area contributed by atoms with Crippen LogP contribution in [0.5, 0.6) is 11.5 Å². The molecule has 0 bridgehead atoms. The summed E-state index contributed by atoms with van der Waals surface area (Å²) in [6.07, 6.45) is 0.875. The van der Waals surface area contributed by atoms with Crippen molar-refractivity contribution in [1.82, 2.24) is 15.3 Å². The second kappa shape index (κ2) is 8.86. The van der Waals surface area contributed by atoms with Crippen LogP contribution in [0.2, 0.25) is 0 Å². The second-order valence-corrected chi connectivity index (χ2v) is 5.52. The van der Waals surface area contributed by atoms with Crippen molar-refractivity contribution in [2.45, 2.75) is 26.8 Å². The first-order chi connectivity index (χ1) is 12.1. The molecular weight excluding hydrogens is 320 g/mol. The lowest BCUT2D eigenvalue weighted by Gasteiger charge is -2.11. The number of amides is 1. The van der Waals surface area contributed by atoms with Crippen LogP contribution >= 0.6 is 0 Å². The number of rotatable bonds is 8. The van der Waals surface area contributed by atoms with Gasteiger partial charge in [-0.3, -0.25) is 4.79 Å². The van der Waals surface area contributed by atoms with E-state index in [1.54, 1.807) is 20.3 Å². The van der Waals surface area contributed by atoms with E-state index >= 15 is 0 Å². The molecule has 0 saturated heterocycles. The van der Waals surface area contributed by atoms with Gasteiger partial charge in [-0.15, -0.1) is 0 Å². The van der Waals surface area contributed by atoms with E-state index in [0.29, 0.717) is 36.2 Å². The molecule has 2 rings (SSSR count). The largest absolute Gasteiger partial charge is 0.493 e. The lowest BCUT2D eigenvalue weighted by molar-refractivity contribution is 0.0948. The molecule has 1 aromatic heterocycles. The Morgan fingerprint density at radius 3 is 2.56 bits per heavy atom. The van der Waals surface area contributed by atoms with Gasteiger partial charge in [0.2, 0.25) is 5.95 Å². The summed E-state index contributed by atoms with van der Waals surface area (Å²) in [5.74, 6) is 1.55. The van der Waals surface area contributed by atoms with Crippen LogP contribution in [0.25, 0.3) is 0 Å². The molecule has 0 saturated carbocycles. The average Bonchev–Trinajstić information content (AvgIpc) is 2.63. The van der Waals surface area contributed by atoms with Crippen LogP contribution in [0, 0.1) is 6.92 Å². The van der Waals surface area contributed by atoms with Crippen molar-refractivity contribution < 1.29 is 14.3 Å². The molecule has 0 atom stereocenters. The number of hydrogen-bond donors (Lipinski definition) is 2. The van der Waals surface area contributed by atoms with Gasteiger partial charge in [0.05, 0.1) is 14.2 Å². The maximum atomic E-state index is 12.1. The van der Waals surface area contributed by atoms with Crippen LogP contribution in [-0.4, -0.2) is 36.6 Å². The van der Waals surface area contributed by atoms with Crippen LogP contribution < -0.4 is 20.1 Å². The molecule has 2 aromatic rings. The van der Waals surface area contributed by atoms with Crippen molar-refractivity contribution in [3.05, 3.63) is 41.2 Å². The fraction of sp³-hybridized carbons (Fsp3) is 0.389. The van der Waals surface area contributed by atoms with Crippen LogP contribution in [0.3, 0.4) is 0 Å². The van der Waals surface area contributed by atoms with Crippen LogP contribution in [0.1, 0.15) is 35.1 Å². The Balaban J connectivity index is 2.10. The topological polar surface area (TPSA) is 85.4 Å². The van der Waals surface area contributed by atoms with Crippen LogP contribution in [0.15, 0.2) is 24.3 Å². The highest BCUT2D eigenvalue weighted by Crippen LogP contribution is 2.27. The van der Waals surface area contributed by atoms with E-state index in [9.17, 15) is 4.79 Å². The molecular formula is C18H24N4O3. The molecule has 0 aliphatic carbocycles. The van der Waals surface area contributed by atoms with Gasteiger partial charge in [0.25, 0.3) is 5.91 Å². The predicted octanol–water partition coefficient (Wildman–Crippen LogP) is 2.55. The van der Waals surface area contributed by atoms with Crippen molar-refractivity contribution in [3.8, 4) is 11.5 Å². The minimum atomic E-state index is -0.193. The molecule has 0 aliphatic heterocycles. The molecule has 0 radical (unpaired) electrons. The highest BCUT2D eigenvalue weighted by molar-refractivity contribution is 5.92. The molecule has 7 nitrogen and oxygen atoms in total. The maximum Gasteiger partial charge on any atom is 0.270 e. The lowest BCUT2D eigenvalue weighted by atomic mass is 10.2. The van der Waals surface area contributed by atoms with Gasteiger partial charge in [-0.1, -0.05) is 13.0 Å². The third kappa shape index (κ3) is 5.07. The minimum Gasteiger partial charge on any atom is -0.493 e. The van der Waals surface area contributed by atoms with Gasteiger partial charge < -0.3 is 20.1 Å². The Hall–Kier alpha value is -2.83. The molecule has 1 aromatic carbocycles. The van der Waals surface area contributed by atoms with Crippen molar-refractivity contribution >= 4 is 11.9 Å². The molecule has 0 fully saturated rings. The number of aromatic nitrogens is 2. The number of aryl methyl sites for hydroxylation is 1. The summed E-state index contributed by atoms with van der Waals surface area (Å²) in [5.41, 5.74) is 2.07. The average molecular weight is 344 g/mol. The van der Waals surface area contributed by atoms with Gasteiger partial charge in [-0.05, 0) is 37.1 Å². The third-order valence-electron chi connectivity index (χ3n) is 3.52. The zero-order chi connectivity index (χ0) is 18.2. The highest BCUT2D eigenvalue weighted by atomic mass is 16.5. The fourth-order valence-electron chi connectivity index (χ4n) is 2.26. The monoisotopic (exact) mass is 344 g/mol. The lowest BCUT2D eigenvalue weighted by Crippen LogP contribution is -2.25. The van der Waals surface area contributed by atoms with Gasteiger partial charge in [0.15, 0.2) is 11.5 Å². The van der Waals surface area contributed by atoms with Crippen molar-refractivity contribution in [1.29, 1.82) is 0 Å². The normalized spacial score (nSPS) is 10.2. The van der Waals surface area contributed by atoms with Gasteiger partial charge in [0, 0.05) is 18.8 Å². The number of nitrogens with zero attached hydrogens (tertiary/aromatic N) is 2. The summed E-state index contributed by atoms with van der Waals surface area (Å²) in [7, 11) is 3.20. The van der Waals surface area contributed by atoms with Gasteiger partial charge in [0.1, 0.15) is 5.69 Å². The summed E-state index contributed by atoms with van der Waals surface area (Å²) in [6.45, 7) is 4.96. The third-order valence-corrected chi connectivity index (χ3v) is 3.52. The fourth-order valence-corrected chi connectivity index (χ4v) is 2.26. The number of carbonyl (C=O) groups is 1. The van der Waals surface area contributed by atoms with Gasteiger partial charge >= 0.3 is 0 Å². The van der Waals surface area contributed by atoms with E-state index in [-0.39, 0.29) is 5.91 Å². The number of ether oxygens (including phenoxy) is 2. The van der Waals surface area contributed by atoms with Crippen LogP contribution in [0.4, 0.5) is 5.95 Å². The Kier molecular flexibility index (Phi) is 6.56. The molecule has 25 heavy (non-hydrogen) atoms. The van der Waals surface area contributed by atoms with Crippen molar-refractivity contribution in [3.63, 3.8) is 0 Å². The highest BCUT2D eigenvalue weighted by Gasteiger charge is 2.10. The summed E-state index contributed by atoms with van der Waals surface area (Å²) in [5, 5.41) is 5.96. The first-order valence-electron chi connectivity index (χ1n) is 8.16. The molecule has 0 spiro atoms. The van der Waals surface area contributed by atoms with Crippen molar-refractivity contribution in [2.24, 2.45) is 0 Å². The minimum absolute atomic E-state index is 0.193. The van der Waals surface area contributed by atoms with E-state index < -0.39 is 0 Å². The molecule has 1 heterocycles. The molecule has 134 valence electrons. The van der Waals surface area contributed by atoms with E-state index in [0.717, 1.165) is 17.7 Å². The first-order valence-corrected chi connectivity index (χ1v) is 8.16. The van der Waals surface area contributed by atoms with Crippen LogP contribution in [-0.2, 0) is 6.54 Å². The number of hydrogen-bond acceptors (Lipinski definition) is 6. The summed E-state index contributed by atoms with van der Waals surface area (Å²) in [6, 6.07) is 7.33. The van der Waals surface area contributed by atoms with E-state index in [1.165, 1.54) is 0 Å². The van der Waals surface area contributed by atoms with E-state index in [4.69, 9.17) is 9.47 Å². The van der Waals surface area contributed by atoms with E-state index in [2.05, 4.69) is 20.6 Å². The Bertz CT molecular complexity index is 734. The number of anilines is 1. The number of nitrogens with one attached hydrogen (secondary N) is 2. The first kappa shape index (κ1) is 18.5. The van der Waals surface area contributed by atoms with Gasteiger partial charge in [-0.2, -0.15) is 0 Å². The quantitative estimate of drug-likeness (QED) is 0.765. The second-order valence-electron chi connectivity index (χ2n) is 5.52. The molecule has 0 unspecified atom stereocenters. The Labute approximate surface area is 147 Å². The summed E-state index contributed by atoms with van der Waals surface area (Å²) in [4.78, 5) is 20.7. The van der Waals surface area contributed by atoms with Crippen molar-refractivity contribution in [2.75, 3.05) is 26.1 Å². The zero-order valence-corrected chi connectivity index (χ0v) is 15.0. The Morgan fingerprint density at radius 1 is 1.12 bits per heavy atom. The standard InChI is InChI=1S/C18H24N4O3/c1-5-8-19-17(23)14-9-12(2)21-18(22-14)20-11-13-6-7-15(24-3)16(10-13)25-4/h6-7,9-10H,5,8,11H2,1-4H3,(H,19,23)(H,20,21,22). The predicted molar refractivity (Wildman–Crippen MR) is 96.3 cm³/mol. The smallest absolute Gasteiger partial charge is 0.270 e. The van der Waals surface area contributed by atoms with Gasteiger partial charge in [-0.25, -0.2) is 9.97 Å². The number of methoxy groups -OCH3 is 2. The molecule has 2 N–H and O–H groups in total.